The first kappa shape index (κ1) is 15.2. The molecule has 22 heavy (non-hydrogen) atoms. The predicted molar refractivity (Wildman–Crippen MR) is 89.6 cm³/mol. The number of fused-ring (bicyclic) bond motifs is 5. The molecule has 7 atom stereocenters. The standard InChI is InChI=1S/C20H33NO/c1-20-11-10-16-15-7-5-14(21(2)3)12-13(15)4-6-17(16)18(20)8-9-19(20)22/h13-18H,4-12H2,1-3H3/t13-,14-,15-,16+,17?,18-,20?/m0/s1. The Labute approximate surface area is 136 Å². The third kappa shape index (κ3) is 2.12. The summed E-state index contributed by atoms with van der Waals surface area (Å²) in [7, 11) is 4.51. The van der Waals surface area contributed by atoms with Gasteiger partial charge in [0.15, 0.2) is 0 Å². The molecule has 0 amide bonds. The number of carbonyl (C=O) groups is 1. The van der Waals surface area contributed by atoms with Crippen molar-refractivity contribution in [3.05, 3.63) is 0 Å². The van der Waals surface area contributed by atoms with Crippen molar-refractivity contribution in [1.29, 1.82) is 0 Å². The molecule has 0 spiro atoms. The highest BCUT2D eigenvalue weighted by molar-refractivity contribution is 5.87. The van der Waals surface area contributed by atoms with E-state index in [2.05, 4.69) is 25.9 Å². The number of nitrogens with zero attached hydrogens (tertiary/aromatic N) is 1. The smallest absolute Gasteiger partial charge is 0.139 e. The van der Waals surface area contributed by atoms with E-state index in [0.29, 0.717) is 5.78 Å². The van der Waals surface area contributed by atoms with E-state index in [1.54, 1.807) is 0 Å². The maximum Gasteiger partial charge on any atom is 0.139 e. The van der Waals surface area contributed by atoms with Gasteiger partial charge in [-0.25, -0.2) is 0 Å². The van der Waals surface area contributed by atoms with E-state index < -0.39 is 0 Å². The molecule has 0 N–H and O–H groups in total. The Hall–Kier alpha value is -0.370. The van der Waals surface area contributed by atoms with Gasteiger partial charge in [-0.05, 0) is 95.1 Å². The molecule has 0 aliphatic heterocycles. The molecule has 124 valence electrons. The van der Waals surface area contributed by atoms with Crippen LogP contribution in [0.5, 0.6) is 0 Å². The van der Waals surface area contributed by atoms with Crippen molar-refractivity contribution in [1.82, 2.24) is 4.90 Å². The van der Waals surface area contributed by atoms with E-state index in [1.165, 1.54) is 51.4 Å². The molecule has 0 aromatic rings. The van der Waals surface area contributed by atoms with E-state index in [1.807, 2.05) is 0 Å². The third-order valence-corrected chi connectivity index (χ3v) is 8.37. The lowest BCUT2D eigenvalue weighted by Gasteiger charge is -2.55. The summed E-state index contributed by atoms with van der Waals surface area (Å²) in [4.78, 5) is 14.9. The number of hydrogen-bond donors (Lipinski definition) is 0. The summed E-state index contributed by atoms with van der Waals surface area (Å²) in [5.41, 5.74) is 0.0643. The predicted octanol–water partition coefficient (Wildman–Crippen LogP) is 4.14. The van der Waals surface area contributed by atoms with Crippen LogP contribution >= 0.6 is 0 Å². The van der Waals surface area contributed by atoms with Gasteiger partial charge >= 0.3 is 0 Å². The van der Waals surface area contributed by atoms with Crippen LogP contribution in [0.1, 0.15) is 64.7 Å². The molecule has 0 heterocycles. The van der Waals surface area contributed by atoms with Gasteiger partial charge in [-0.2, -0.15) is 0 Å². The van der Waals surface area contributed by atoms with Crippen LogP contribution in [-0.4, -0.2) is 30.8 Å². The van der Waals surface area contributed by atoms with Crippen LogP contribution in [0.3, 0.4) is 0 Å². The second-order valence-corrected chi connectivity index (χ2v) is 9.28. The van der Waals surface area contributed by atoms with Gasteiger partial charge in [0.25, 0.3) is 0 Å². The number of carbonyl (C=O) groups excluding carboxylic acids is 1. The van der Waals surface area contributed by atoms with Gasteiger partial charge in [-0.3, -0.25) is 4.79 Å². The second kappa shape index (κ2) is 5.33. The van der Waals surface area contributed by atoms with Crippen molar-refractivity contribution in [3.63, 3.8) is 0 Å². The molecule has 0 radical (unpaired) electrons. The van der Waals surface area contributed by atoms with Crippen LogP contribution in [0.2, 0.25) is 0 Å². The van der Waals surface area contributed by atoms with Gasteiger partial charge < -0.3 is 4.90 Å². The summed E-state index contributed by atoms with van der Waals surface area (Å²) >= 11 is 0. The number of hydrogen-bond acceptors (Lipinski definition) is 2. The van der Waals surface area contributed by atoms with Gasteiger partial charge in [0.1, 0.15) is 5.78 Å². The van der Waals surface area contributed by atoms with E-state index in [0.717, 1.165) is 42.1 Å². The summed E-state index contributed by atoms with van der Waals surface area (Å²) in [6.45, 7) is 2.30. The molecule has 4 fully saturated rings. The first-order valence-electron chi connectivity index (χ1n) is 9.70. The molecular formula is C20H33NO. The minimum Gasteiger partial charge on any atom is -0.306 e. The van der Waals surface area contributed by atoms with Crippen LogP contribution in [0.25, 0.3) is 0 Å². The Morgan fingerprint density at radius 2 is 1.73 bits per heavy atom. The maximum atomic E-state index is 12.4. The first-order chi connectivity index (χ1) is 10.5. The molecule has 2 unspecified atom stereocenters. The quantitative estimate of drug-likeness (QED) is 0.725. The summed E-state index contributed by atoms with van der Waals surface area (Å²) in [5, 5.41) is 0. The van der Waals surface area contributed by atoms with Crippen LogP contribution in [0.15, 0.2) is 0 Å². The Kier molecular flexibility index (Phi) is 3.67. The van der Waals surface area contributed by atoms with Crippen LogP contribution in [0, 0.1) is 35.0 Å². The van der Waals surface area contributed by atoms with E-state index >= 15 is 0 Å². The maximum absolute atomic E-state index is 12.4. The zero-order valence-corrected chi connectivity index (χ0v) is 14.7. The molecule has 4 rings (SSSR count). The van der Waals surface area contributed by atoms with Crippen LogP contribution in [0.4, 0.5) is 0 Å². The SMILES string of the molecule is CN(C)[C@H]1CC[C@H]2[C@@H](CCC3[C@@H]2CCC2(C)C(=O)CC[C@@H]32)C1. The van der Waals surface area contributed by atoms with Crippen molar-refractivity contribution >= 4 is 5.78 Å². The molecule has 4 aliphatic carbocycles. The van der Waals surface area contributed by atoms with Gasteiger partial charge in [-0.15, -0.1) is 0 Å². The minimum absolute atomic E-state index is 0.0643. The normalized spacial score (nSPS) is 51.4. The highest BCUT2D eigenvalue weighted by atomic mass is 16.1. The average molecular weight is 303 g/mol. The van der Waals surface area contributed by atoms with Gasteiger partial charge in [0.05, 0.1) is 0 Å². The molecule has 0 bridgehead atoms. The zero-order chi connectivity index (χ0) is 15.5. The van der Waals surface area contributed by atoms with Crippen molar-refractivity contribution in [3.8, 4) is 0 Å². The summed E-state index contributed by atoms with van der Waals surface area (Å²) < 4.78 is 0. The van der Waals surface area contributed by atoms with Gasteiger partial charge in [0.2, 0.25) is 0 Å². The molecule has 0 saturated heterocycles. The Bertz CT molecular complexity index is 459. The van der Waals surface area contributed by atoms with Crippen LogP contribution < -0.4 is 0 Å². The first-order valence-corrected chi connectivity index (χ1v) is 9.70. The highest BCUT2D eigenvalue weighted by Crippen LogP contribution is 2.61. The molecule has 4 aliphatic rings. The molecular weight excluding hydrogens is 270 g/mol. The third-order valence-electron chi connectivity index (χ3n) is 8.37. The Morgan fingerprint density at radius 1 is 0.955 bits per heavy atom. The fourth-order valence-corrected chi connectivity index (χ4v) is 7.07. The Balaban J connectivity index is 1.52. The highest BCUT2D eigenvalue weighted by Gasteiger charge is 2.56. The largest absolute Gasteiger partial charge is 0.306 e. The number of ketones is 1. The lowest BCUT2D eigenvalue weighted by Crippen LogP contribution is -2.50. The number of rotatable bonds is 1. The van der Waals surface area contributed by atoms with Gasteiger partial charge in [-0.1, -0.05) is 6.92 Å². The molecule has 4 saturated carbocycles. The van der Waals surface area contributed by atoms with Crippen molar-refractivity contribution in [2.75, 3.05) is 14.1 Å². The second-order valence-electron chi connectivity index (χ2n) is 9.28. The van der Waals surface area contributed by atoms with Crippen molar-refractivity contribution in [2.45, 2.75) is 70.8 Å². The minimum atomic E-state index is 0.0643. The fraction of sp³-hybridized carbons (Fsp3) is 0.950. The van der Waals surface area contributed by atoms with E-state index in [-0.39, 0.29) is 5.41 Å². The summed E-state index contributed by atoms with van der Waals surface area (Å²) in [6.07, 6.45) is 11.8. The lowest BCUT2D eigenvalue weighted by atomic mass is 9.50. The molecule has 2 nitrogen and oxygen atoms in total. The molecule has 2 heteroatoms. The van der Waals surface area contributed by atoms with E-state index in [9.17, 15) is 4.79 Å². The molecule has 0 aromatic heterocycles. The topological polar surface area (TPSA) is 20.3 Å². The Morgan fingerprint density at radius 3 is 2.50 bits per heavy atom. The monoisotopic (exact) mass is 303 g/mol. The molecule has 0 aromatic carbocycles. The fourth-order valence-electron chi connectivity index (χ4n) is 7.07. The van der Waals surface area contributed by atoms with Gasteiger partial charge in [0, 0.05) is 17.9 Å². The summed E-state index contributed by atoms with van der Waals surface area (Å²) in [6, 6.07) is 0.819. The lowest BCUT2D eigenvalue weighted by molar-refractivity contribution is -0.133. The summed E-state index contributed by atoms with van der Waals surface area (Å²) in [5.74, 6) is 5.10. The van der Waals surface area contributed by atoms with Crippen LogP contribution in [-0.2, 0) is 4.79 Å². The van der Waals surface area contributed by atoms with Crippen molar-refractivity contribution < 1.29 is 4.79 Å². The van der Waals surface area contributed by atoms with Crippen molar-refractivity contribution in [2.24, 2.45) is 35.0 Å². The average Bonchev–Trinajstić information content (AvgIpc) is 2.82. The zero-order valence-electron chi connectivity index (χ0n) is 14.7. The number of Topliss-reactive ketones (excluding diaryl/α,β-unsaturated/α-hetero) is 1. The van der Waals surface area contributed by atoms with E-state index in [4.69, 9.17) is 0 Å².